The van der Waals surface area contributed by atoms with Crippen LogP contribution in [0.4, 0.5) is 6.01 Å². The Labute approximate surface area is 177 Å². The molecule has 3 aromatic rings. The number of nitrogens with zero attached hydrogens (tertiary/aromatic N) is 2. The molecule has 1 aliphatic rings. The van der Waals surface area contributed by atoms with Crippen LogP contribution in [-0.2, 0) is 9.53 Å². The molecule has 1 saturated heterocycles. The lowest BCUT2D eigenvalue weighted by Crippen LogP contribution is -2.37. The Morgan fingerprint density at radius 2 is 1.90 bits per heavy atom. The van der Waals surface area contributed by atoms with Crippen LogP contribution in [0.2, 0.25) is 10.0 Å². The van der Waals surface area contributed by atoms with E-state index in [1.807, 2.05) is 29.2 Å². The molecule has 0 radical (unpaired) electrons. The van der Waals surface area contributed by atoms with Gasteiger partial charge in [0.25, 0.3) is 6.01 Å². The fourth-order valence-electron chi connectivity index (χ4n) is 3.35. The number of anilines is 1. The van der Waals surface area contributed by atoms with Crippen molar-refractivity contribution in [3.63, 3.8) is 0 Å². The van der Waals surface area contributed by atoms with Gasteiger partial charge < -0.3 is 14.1 Å². The number of rotatable bonds is 5. The van der Waals surface area contributed by atoms with E-state index in [4.69, 9.17) is 32.4 Å². The first kappa shape index (κ1) is 19.7. The molecular weight excluding hydrogens is 415 g/mol. The zero-order valence-electron chi connectivity index (χ0n) is 15.4. The van der Waals surface area contributed by atoms with Gasteiger partial charge >= 0.3 is 5.97 Å². The van der Waals surface area contributed by atoms with Gasteiger partial charge in [0.2, 0.25) is 5.78 Å². The molecule has 150 valence electrons. The topological polar surface area (TPSA) is 72.6 Å². The van der Waals surface area contributed by atoms with Crippen molar-refractivity contribution in [3.8, 4) is 0 Å². The van der Waals surface area contributed by atoms with Crippen molar-refractivity contribution in [2.75, 3.05) is 24.6 Å². The highest BCUT2D eigenvalue weighted by molar-refractivity contribution is 6.36. The number of benzene rings is 2. The predicted octanol–water partition coefficient (Wildman–Crippen LogP) is 4.78. The van der Waals surface area contributed by atoms with Crippen molar-refractivity contribution >= 4 is 52.1 Å². The molecule has 0 spiro atoms. The third kappa shape index (κ3) is 4.38. The molecule has 1 aromatic heterocycles. The van der Waals surface area contributed by atoms with Gasteiger partial charge in [-0.2, -0.15) is 4.98 Å². The summed E-state index contributed by atoms with van der Waals surface area (Å²) in [5, 5.41) is 0.680. The first-order valence-electron chi connectivity index (χ1n) is 9.26. The van der Waals surface area contributed by atoms with E-state index in [1.54, 1.807) is 6.07 Å². The molecule has 4 rings (SSSR count). The molecule has 0 bridgehead atoms. The summed E-state index contributed by atoms with van der Waals surface area (Å²) in [4.78, 5) is 31.1. The lowest BCUT2D eigenvalue weighted by molar-refractivity contribution is -0.148. The van der Waals surface area contributed by atoms with Crippen LogP contribution in [0.25, 0.3) is 11.1 Å². The lowest BCUT2D eigenvalue weighted by atomic mass is 9.97. The number of Topliss-reactive ketones (excluding diaryl/α,β-unsaturated/α-hetero) is 1. The van der Waals surface area contributed by atoms with Crippen LogP contribution in [0.15, 0.2) is 46.9 Å². The Hall–Kier alpha value is -2.57. The minimum Gasteiger partial charge on any atom is -0.457 e. The van der Waals surface area contributed by atoms with E-state index in [0.717, 1.165) is 11.1 Å². The first-order valence-corrected chi connectivity index (χ1v) is 10.0. The molecule has 6 nitrogen and oxygen atoms in total. The van der Waals surface area contributed by atoms with Crippen LogP contribution in [0.5, 0.6) is 0 Å². The molecule has 8 heteroatoms. The van der Waals surface area contributed by atoms with Crippen molar-refractivity contribution in [3.05, 3.63) is 58.1 Å². The Morgan fingerprint density at radius 3 is 2.62 bits per heavy atom. The smallest absolute Gasteiger partial charge is 0.309 e. The molecule has 2 heterocycles. The Morgan fingerprint density at radius 1 is 1.14 bits per heavy atom. The number of hydrogen-bond donors (Lipinski definition) is 0. The van der Waals surface area contributed by atoms with Gasteiger partial charge in [-0.1, -0.05) is 35.3 Å². The second-order valence-corrected chi connectivity index (χ2v) is 7.72. The summed E-state index contributed by atoms with van der Waals surface area (Å²) in [6, 6.07) is 12.7. The van der Waals surface area contributed by atoms with Crippen molar-refractivity contribution in [1.29, 1.82) is 0 Å². The van der Waals surface area contributed by atoms with E-state index in [1.165, 1.54) is 12.1 Å². The summed E-state index contributed by atoms with van der Waals surface area (Å²) in [5.74, 6) is -0.992. The van der Waals surface area contributed by atoms with E-state index < -0.39 is 0 Å². The number of aromatic nitrogens is 1. The molecule has 2 aromatic carbocycles. The molecular formula is C21H18Cl2N2O4. The number of halogens is 2. The number of oxazole rings is 1. The highest BCUT2D eigenvalue weighted by Crippen LogP contribution is 2.27. The van der Waals surface area contributed by atoms with E-state index in [9.17, 15) is 9.59 Å². The SMILES string of the molecule is O=C(COC(=O)C1CCN(c2nc3ccccc3o2)CC1)c1ccc(Cl)cc1Cl. The van der Waals surface area contributed by atoms with Gasteiger partial charge in [-0.25, -0.2) is 0 Å². The number of fused-ring (bicyclic) bond motifs is 1. The third-order valence-electron chi connectivity index (χ3n) is 4.96. The number of carbonyl (C=O) groups excluding carboxylic acids is 2. The second kappa shape index (κ2) is 8.43. The van der Waals surface area contributed by atoms with E-state index in [2.05, 4.69) is 4.98 Å². The lowest BCUT2D eigenvalue weighted by Gasteiger charge is -2.29. The number of carbonyl (C=O) groups is 2. The van der Waals surface area contributed by atoms with Gasteiger partial charge in [0.1, 0.15) is 5.52 Å². The highest BCUT2D eigenvalue weighted by Gasteiger charge is 2.29. The molecule has 0 unspecified atom stereocenters. The summed E-state index contributed by atoms with van der Waals surface area (Å²) in [7, 11) is 0. The zero-order chi connectivity index (χ0) is 20.4. The summed E-state index contributed by atoms with van der Waals surface area (Å²) >= 11 is 11.9. The monoisotopic (exact) mass is 432 g/mol. The Bertz CT molecular complexity index is 1020. The van der Waals surface area contributed by atoms with Crippen LogP contribution < -0.4 is 4.90 Å². The summed E-state index contributed by atoms with van der Waals surface area (Å²) in [6.07, 6.45) is 1.21. The normalized spacial score (nSPS) is 14.9. The number of ketones is 1. The molecule has 1 fully saturated rings. The fraction of sp³-hybridized carbons (Fsp3) is 0.286. The Kier molecular flexibility index (Phi) is 5.74. The molecule has 0 aliphatic carbocycles. The van der Waals surface area contributed by atoms with Crippen LogP contribution in [0.3, 0.4) is 0 Å². The van der Waals surface area contributed by atoms with Crippen molar-refractivity contribution in [1.82, 2.24) is 4.98 Å². The number of para-hydroxylation sites is 2. The molecule has 0 saturated carbocycles. The largest absolute Gasteiger partial charge is 0.457 e. The van der Waals surface area contributed by atoms with Gasteiger partial charge in [0, 0.05) is 23.7 Å². The highest BCUT2D eigenvalue weighted by atomic mass is 35.5. The van der Waals surface area contributed by atoms with Crippen molar-refractivity contribution in [2.24, 2.45) is 5.92 Å². The third-order valence-corrected chi connectivity index (χ3v) is 5.51. The van der Waals surface area contributed by atoms with Gasteiger partial charge in [-0.15, -0.1) is 0 Å². The maximum absolute atomic E-state index is 12.4. The van der Waals surface area contributed by atoms with E-state index in [-0.39, 0.29) is 34.9 Å². The number of esters is 1. The maximum atomic E-state index is 12.4. The predicted molar refractivity (Wildman–Crippen MR) is 111 cm³/mol. The Balaban J connectivity index is 1.30. The average molecular weight is 433 g/mol. The van der Waals surface area contributed by atoms with Gasteiger partial charge in [0.15, 0.2) is 12.2 Å². The van der Waals surface area contributed by atoms with Crippen LogP contribution in [0, 0.1) is 5.92 Å². The molecule has 0 amide bonds. The van der Waals surface area contributed by atoms with Crippen LogP contribution in [-0.4, -0.2) is 36.4 Å². The van der Waals surface area contributed by atoms with Gasteiger partial charge in [0.05, 0.1) is 10.9 Å². The summed E-state index contributed by atoms with van der Waals surface area (Å²) in [5.41, 5.74) is 1.83. The fourth-order valence-corrected chi connectivity index (χ4v) is 3.86. The first-order chi connectivity index (χ1) is 14.0. The minimum absolute atomic E-state index is 0.241. The number of piperidine rings is 1. The standard InChI is InChI=1S/C21H18Cl2N2O4/c22-14-5-6-15(16(23)11-14)18(26)12-28-20(27)13-7-9-25(10-8-13)21-24-17-3-1-2-4-19(17)29-21/h1-6,11,13H,7-10,12H2. The minimum atomic E-state index is -0.374. The maximum Gasteiger partial charge on any atom is 0.309 e. The van der Waals surface area contributed by atoms with Crippen LogP contribution in [0.1, 0.15) is 23.2 Å². The quantitative estimate of drug-likeness (QED) is 0.426. The molecule has 0 atom stereocenters. The summed E-state index contributed by atoms with van der Waals surface area (Å²) < 4.78 is 11.0. The van der Waals surface area contributed by atoms with Crippen molar-refractivity contribution < 1.29 is 18.7 Å². The van der Waals surface area contributed by atoms with E-state index in [0.29, 0.717) is 37.0 Å². The number of ether oxygens (including phenoxy) is 1. The zero-order valence-corrected chi connectivity index (χ0v) is 16.9. The van der Waals surface area contributed by atoms with Gasteiger partial charge in [-0.05, 0) is 43.2 Å². The van der Waals surface area contributed by atoms with Crippen LogP contribution >= 0.6 is 23.2 Å². The second-order valence-electron chi connectivity index (χ2n) is 6.88. The molecule has 29 heavy (non-hydrogen) atoms. The molecule has 0 N–H and O–H groups in total. The number of hydrogen-bond acceptors (Lipinski definition) is 6. The molecule has 1 aliphatic heterocycles. The van der Waals surface area contributed by atoms with Crippen molar-refractivity contribution in [2.45, 2.75) is 12.8 Å². The summed E-state index contributed by atoms with van der Waals surface area (Å²) in [6.45, 7) is 0.915. The van der Waals surface area contributed by atoms with E-state index >= 15 is 0 Å². The average Bonchev–Trinajstić information content (AvgIpc) is 3.16. The van der Waals surface area contributed by atoms with Gasteiger partial charge in [-0.3, -0.25) is 9.59 Å².